The summed E-state index contributed by atoms with van der Waals surface area (Å²) in [5.41, 5.74) is -0.1000. The van der Waals surface area contributed by atoms with Crippen LogP contribution in [0.1, 0.15) is 36.0 Å². The number of nitrogens with one attached hydrogen (secondary N) is 2. The molecule has 3 aliphatic rings. The summed E-state index contributed by atoms with van der Waals surface area (Å²) in [7, 11) is 1.57. The Kier molecular flexibility index (Phi) is 4.95. The van der Waals surface area contributed by atoms with Crippen molar-refractivity contribution in [3.63, 3.8) is 0 Å². The first kappa shape index (κ1) is 18.1. The van der Waals surface area contributed by atoms with Gasteiger partial charge in [-0.25, -0.2) is 0 Å². The largest absolute Gasteiger partial charge is 0.497 e. The van der Waals surface area contributed by atoms with Crippen molar-refractivity contribution in [2.75, 3.05) is 39.8 Å². The van der Waals surface area contributed by atoms with Crippen LogP contribution < -0.4 is 20.1 Å². The van der Waals surface area contributed by atoms with Crippen LogP contribution in [0.25, 0.3) is 0 Å². The third-order valence-electron chi connectivity index (χ3n) is 5.83. The normalized spacial score (nSPS) is 28.0. The molecule has 3 aliphatic heterocycles. The summed E-state index contributed by atoms with van der Waals surface area (Å²) in [6.07, 6.45) is 3.66. The van der Waals surface area contributed by atoms with E-state index in [2.05, 4.69) is 10.6 Å². The van der Waals surface area contributed by atoms with E-state index in [4.69, 9.17) is 9.47 Å². The molecule has 2 saturated heterocycles. The summed E-state index contributed by atoms with van der Waals surface area (Å²) in [6.45, 7) is 3.40. The molecule has 2 fully saturated rings. The zero-order valence-corrected chi connectivity index (χ0v) is 15.8. The fourth-order valence-electron chi connectivity index (χ4n) is 4.34. The number of hydrogen-bond acceptors (Lipinski definition) is 5. The van der Waals surface area contributed by atoms with Crippen LogP contribution >= 0.6 is 0 Å². The lowest BCUT2D eigenvalue weighted by atomic mass is 9.90. The molecule has 0 unspecified atom stereocenters. The van der Waals surface area contributed by atoms with Gasteiger partial charge in [-0.2, -0.15) is 0 Å². The van der Waals surface area contributed by atoms with Gasteiger partial charge in [-0.3, -0.25) is 9.59 Å². The minimum absolute atomic E-state index is 0.0471. The van der Waals surface area contributed by atoms with Crippen LogP contribution in [0.15, 0.2) is 18.2 Å². The van der Waals surface area contributed by atoms with Crippen LogP contribution in [0, 0.1) is 5.92 Å². The van der Waals surface area contributed by atoms with Crippen LogP contribution in [0.2, 0.25) is 0 Å². The standard InChI is InChI=1S/C20H27N3O4/c1-26-15-5-6-17-16(10-15)18(24)22-12-20(27-17)7-3-9-23(13-20)19(25)14-4-2-8-21-11-14/h5-6,10,14,21H,2-4,7-9,11-13H2,1H3,(H,22,24)/t14-,20+/m0/s1. The summed E-state index contributed by atoms with van der Waals surface area (Å²) >= 11 is 0. The second-order valence-corrected chi connectivity index (χ2v) is 7.74. The van der Waals surface area contributed by atoms with E-state index in [9.17, 15) is 9.59 Å². The molecule has 1 aromatic rings. The number of amides is 2. The van der Waals surface area contributed by atoms with E-state index >= 15 is 0 Å². The van der Waals surface area contributed by atoms with Gasteiger partial charge in [-0.1, -0.05) is 0 Å². The van der Waals surface area contributed by atoms with E-state index in [1.165, 1.54) is 0 Å². The number of benzene rings is 1. The molecule has 0 bridgehead atoms. The number of carbonyl (C=O) groups is 2. The lowest BCUT2D eigenvalue weighted by Gasteiger charge is -2.43. The van der Waals surface area contributed by atoms with Crippen molar-refractivity contribution < 1.29 is 19.1 Å². The summed E-state index contributed by atoms with van der Waals surface area (Å²) in [4.78, 5) is 27.4. The predicted octanol–water partition coefficient (Wildman–Crippen LogP) is 1.18. The molecule has 3 heterocycles. The third-order valence-corrected chi connectivity index (χ3v) is 5.83. The Balaban J connectivity index is 1.55. The van der Waals surface area contributed by atoms with Crippen LogP contribution in [0.4, 0.5) is 0 Å². The second-order valence-electron chi connectivity index (χ2n) is 7.74. The molecule has 1 aromatic carbocycles. The molecule has 7 nitrogen and oxygen atoms in total. The highest BCUT2D eigenvalue weighted by Crippen LogP contribution is 2.34. The number of ether oxygens (including phenoxy) is 2. The number of methoxy groups -OCH3 is 1. The number of piperidine rings is 2. The van der Waals surface area contributed by atoms with Gasteiger partial charge < -0.3 is 25.0 Å². The molecule has 1 spiro atoms. The first-order chi connectivity index (χ1) is 13.1. The van der Waals surface area contributed by atoms with Gasteiger partial charge in [0.15, 0.2) is 0 Å². The molecule has 7 heteroatoms. The molecule has 4 rings (SSSR count). The fourth-order valence-corrected chi connectivity index (χ4v) is 4.34. The molecule has 2 N–H and O–H groups in total. The zero-order chi connectivity index (χ0) is 18.9. The number of likely N-dealkylation sites (tertiary alicyclic amines) is 1. The van der Waals surface area contributed by atoms with Crippen molar-refractivity contribution in [1.82, 2.24) is 15.5 Å². The summed E-state index contributed by atoms with van der Waals surface area (Å²) in [5.74, 6) is 1.26. The minimum Gasteiger partial charge on any atom is -0.497 e. The molecule has 2 atom stereocenters. The average molecular weight is 373 g/mol. The van der Waals surface area contributed by atoms with Crippen LogP contribution in [0.3, 0.4) is 0 Å². The maximum atomic E-state index is 13.0. The number of fused-ring (bicyclic) bond motifs is 1. The van der Waals surface area contributed by atoms with Gasteiger partial charge in [0, 0.05) is 13.1 Å². The van der Waals surface area contributed by atoms with Crippen molar-refractivity contribution in [3.05, 3.63) is 23.8 Å². The van der Waals surface area contributed by atoms with E-state index in [0.717, 1.165) is 45.3 Å². The summed E-state index contributed by atoms with van der Waals surface area (Å²) < 4.78 is 11.6. The summed E-state index contributed by atoms with van der Waals surface area (Å²) in [6, 6.07) is 5.28. The number of hydrogen-bond donors (Lipinski definition) is 2. The number of rotatable bonds is 2. The maximum absolute atomic E-state index is 13.0. The Bertz CT molecular complexity index is 732. The highest BCUT2D eigenvalue weighted by Gasteiger charge is 2.43. The Morgan fingerprint density at radius 2 is 2.26 bits per heavy atom. The van der Waals surface area contributed by atoms with E-state index in [1.54, 1.807) is 25.3 Å². The van der Waals surface area contributed by atoms with Crippen molar-refractivity contribution in [2.24, 2.45) is 5.92 Å². The van der Waals surface area contributed by atoms with Crippen molar-refractivity contribution in [1.29, 1.82) is 0 Å². The highest BCUT2D eigenvalue weighted by molar-refractivity contribution is 5.97. The molecular formula is C20H27N3O4. The highest BCUT2D eigenvalue weighted by atomic mass is 16.5. The van der Waals surface area contributed by atoms with Gasteiger partial charge in [-0.05, 0) is 50.4 Å². The fraction of sp³-hybridized carbons (Fsp3) is 0.600. The van der Waals surface area contributed by atoms with Gasteiger partial charge in [-0.15, -0.1) is 0 Å². The van der Waals surface area contributed by atoms with Crippen molar-refractivity contribution in [2.45, 2.75) is 31.3 Å². The molecule has 27 heavy (non-hydrogen) atoms. The molecule has 0 saturated carbocycles. The second kappa shape index (κ2) is 7.38. The van der Waals surface area contributed by atoms with E-state index in [0.29, 0.717) is 30.2 Å². The molecule has 146 valence electrons. The lowest BCUT2D eigenvalue weighted by Crippen LogP contribution is -2.59. The molecule has 0 aromatic heterocycles. The first-order valence-electron chi connectivity index (χ1n) is 9.75. The average Bonchev–Trinajstić information content (AvgIpc) is 2.84. The number of nitrogens with zero attached hydrogens (tertiary/aromatic N) is 1. The first-order valence-corrected chi connectivity index (χ1v) is 9.75. The zero-order valence-electron chi connectivity index (χ0n) is 15.8. The topological polar surface area (TPSA) is 79.9 Å². The summed E-state index contributed by atoms with van der Waals surface area (Å²) in [5, 5.41) is 6.30. The van der Waals surface area contributed by atoms with Crippen molar-refractivity contribution >= 4 is 11.8 Å². The van der Waals surface area contributed by atoms with Crippen molar-refractivity contribution in [3.8, 4) is 11.5 Å². The smallest absolute Gasteiger partial charge is 0.255 e. The van der Waals surface area contributed by atoms with E-state index in [-0.39, 0.29) is 17.7 Å². The van der Waals surface area contributed by atoms with Gasteiger partial charge in [0.2, 0.25) is 5.91 Å². The van der Waals surface area contributed by atoms with Gasteiger partial charge >= 0.3 is 0 Å². The Hall–Kier alpha value is -2.28. The Morgan fingerprint density at radius 3 is 3.04 bits per heavy atom. The minimum atomic E-state index is -0.578. The molecule has 0 radical (unpaired) electrons. The maximum Gasteiger partial charge on any atom is 0.255 e. The van der Waals surface area contributed by atoms with Crippen LogP contribution in [-0.2, 0) is 4.79 Å². The molecule has 0 aliphatic carbocycles. The predicted molar refractivity (Wildman–Crippen MR) is 100 cm³/mol. The van der Waals surface area contributed by atoms with Crippen LogP contribution in [0.5, 0.6) is 11.5 Å². The monoisotopic (exact) mass is 373 g/mol. The number of carbonyl (C=O) groups excluding carboxylic acids is 2. The van der Waals surface area contributed by atoms with E-state index in [1.807, 2.05) is 4.90 Å². The Labute approximate surface area is 159 Å². The Morgan fingerprint density at radius 1 is 1.37 bits per heavy atom. The van der Waals surface area contributed by atoms with Gasteiger partial charge in [0.05, 0.1) is 31.7 Å². The SMILES string of the molecule is COc1ccc2c(c1)C(=O)NC[C@@]1(CCCN(C(=O)[C@H]3CCCNC3)C1)O2. The van der Waals surface area contributed by atoms with Gasteiger partial charge in [0.25, 0.3) is 5.91 Å². The molecular weight excluding hydrogens is 346 g/mol. The van der Waals surface area contributed by atoms with E-state index < -0.39 is 5.60 Å². The van der Waals surface area contributed by atoms with Crippen LogP contribution in [-0.4, -0.2) is 62.1 Å². The quantitative estimate of drug-likeness (QED) is 0.814. The van der Waals surface area contributed by atoms with Gasteiger partial charge in [0.1, 0.15) is 17.1 Å². The lowest BCUT2D eigenvalue weighted by molar-refractivity contribution is -0.141. The molecule has 2 amide bonds. The third kappa shape index (κ3) is 3.60.